The number of cyclic esters (lactones) is 2. The van der Waals surface area contributed by atoms with E-state index in [1.54, 1.807) is 0 Å². The van der Waals surface area contributed by atoms with E-state index in [2.05, 4.69) is 4.74 Å². The van der Waals surface area contributed by atoms with Crippen LogP contribution in [0.1, 0.15) is 34.1 Å². The third-order valence-corrected chi connectivity index (χ3v) is 3.00. The van der Waals surface area contributed by atoms with Gasteiger partial charge in [0.1, 0.15) is 0 Å². The van der Waals surface area contributed by atoms with Gasteiger partial charge in [-0.15, -0.1) is 0 Å². The average Bonchev–Trinajstić information content (AvgIpc) is 1.82. The molecule has 0 aliphatic carbocycles. The van der Waals surface area contributed by atoms with Gasteiger partial charge in [-0.3, -0.25) is 9.59 Å². The Morgan fingerprint density at radius 2 is 1.67 bits per heavy atom. The summed E-state index contributed by atoms with van der Waals surface area (Å²) in [5, 5.41) is 0. The first-order chi connectivity index (χ1) is 5.27. The predicted octanol–water partition coefficient (Wildman–Crippen LogP) is 1.51. The van der Waals surface area contributed by atoms with Crippen LogP contribution in [0, 0.1) is 10.8 Å². The maximum atomic E-state index is 11.3. The minimum atomic E-state index is -0.569. The van der Waals surface area contributed by atoms with Gasteiger partial charge in [-0.2, -0.15) is 0 Å². The number of esters is 2. The van der Waals surface area contributed by atoms with Crippen molar-refractivity contribution in [3.8, 4) is 0 Å². The molecule has 0 saturated carbocycles. The van der Waals surface area contributed by atoms with Crippen LogP contribution in [0.3, 0.4) is 0 Å². The fourth-order valence-electron chi connectivity index (χ4n) is 1.13. The molecule has 1 rings (SSSR count). The highest BCUT2D eigenvalue weighted by Crippen LogP contribution is 2.45. The molecule has 0 atom stereocenters. The van der Waals surface area contributed by atoms with Gasteiger partial charge in [0.15, 0.2) is 0 Å². The molecule has 0 N–H and O–H groups in total. The first kappa shape index (κ1) is 9.23. The summed E-state index contributed by atoms with van der Waals surface area (Å²) < 4.78 is 4.56. The number of carbonyl (C=O) groups excluding carboxylic acids is 2. The summed E-state index contributed by atoms with van der Waals surface area (Å²) in [4.78, 5) is 22.2. The van der Waals surface area contributed by atoms with Crippen LogP contribution in [0.25, 0.3) is 0 Å². The van der Waals surface area contributed by atoms with Gasteiger partial charge in [-0.25, -0.2) is 0 Å². The molecule has 1 saturated heterocycles. The third kappa shape index (κ3) is 1.13. The van der Waals surface area contributed by atoms with E-state index in [0.717, 1.165) is 0 Å². The third-order valence-electron chi connectivity index (χ3n) is 3.00. The maximum Gasteiger partial charge on any atom is 0.319 e. The minimum absolute atomic E-state index is 0.306. The zero-order valence-corrected chi connectivity index (χ0v) is 7.93. The van der Waals surface area contributed by atoms with Crippen LogP contribution in [0.5, 0.6) is 0 Å². The monoisotopic (exact) mass is 170 g/mol. The smallest absolute Gasteiger partial charge is 0.319 e. The fraction of sp³-hybridized carbons (Fsp3) is 0.778. The highest BCUT2D eigenvalue weighted by atomic mass is 16.6. The lowest BCUT2D eigenvalue weighted by molar-refractivity contribution is -0.182. The number of carbonyl (C=O) groups is 2. The summed E-state index contributed by atoms with van der Waals surface area (Å²) in [6.45, 7) is 7.43. The minimum Gasteiger partial charge on any atom is -0.393 e. The highest BCUT2D eigenvalue weighted by molar-refractivity contribution is 5.92. The molecule has 0 aromatic rings. The molecule has 1 aliphatic heterocycles. The van der Waals surface area contributed by atoms with E-state index in [4.69, 9.17) is 0 Å². The molecule has 1 aliphatic rings. The molecule has 0 aromatic carbocycles. The molecule has 68 valence electrons. The molecule has 3 heteroatoms. The van der Waals surface area contributed by atoms with Gasteiger partial charge in [-0.05, 0) is 19.3 Å². The SMILES string of the molecule is CC1(C)CC(=O)OC(=O)C1(C)C. The standard InChI is InChI=1S/C9H14O3/c1-8(2)5-6(10)12-7(11)9(8,3)4/h5H2,1-4H3. The van der Waals surface area contributed by atoms with Crippen LogP contribution < -0.4 is 0 Å². The first-order valence-electron chi connectivity index (χ1n) is 4.02. The summed E-state index contributed by atoms with van der Waals surface area (Å²) >= 11 is 0. The Bertz CT molecular complexity index is 238. The lowest BCUT2D eigenvalue weighted by atomic mass is 9.65. The van der Waals surface area contributed by atoms with Gasteiger partial charge in [0.2, 0.25) is 0 Å². The Hall–Kier alpha value is -0.860. The number of ether oxygens (including phenoxy) is 1. The Labute approximate surface area is 72.1 Å². The van der Waals surface area contributed by atoms with Crippen LogP contribution in [0.15, 0.2) is 0 Å². The van der Waals surface area contributed by atoms with Crippen molar-refractivity contribution in [2.75, 3.05) is 0 Å². The zero-order chi connectivity index (χ0) is 9.57. The van der Waals surface area contributed by atoms with Crippen molar-refractivity contribution in [3.63, 3.8) is 0 Å². The van der Waals surface area contributed by atoms with Crippen LogP contribution in [-0.2, 0) is 14.3 Å². The van der Waals surface area contributed by atoms with Gasteiger partial charge >= 0.3 is 11.9 Å². The van der Waals surface area contributed by atoms with Crippen molar-refractivity contribution in [2.45, 2.75) is 34.1 Å². The van der Waals surface area contributed by atoms with E-state index in [0.29, 0.717) is 6.42 Å². The Kier molecular flexibility index (Phi) is 1.78. The molecular weight excluding hydrogens is 156 g/mol. The van der Waals surface area contributed by atoms with E-state index < -0.39 is 17.4 Å². The summed E-state index contributed by atoms with van der Waals surface area (Å²) in [5.41, 5.74) is -0.875. The lowest BCUT2D eigenvalue weighted by Crippen LogP contribution is -2.47. The number of hydrogen-bond donors (Lipinski definition) is 0. The quantitative estimate of drug-likeness (QED) is 0.409. The molecule has 0 bridgehead atoms. The molecule has 1 fully saturated rings. The number of hydrogen-bond acceptors (Lipinski definition) is 3. The van der Waals surface area contributed by atoms with Gasteiger partial charge in [0.05, 0.1) is 11.8 Å². The topological polar surface area (TPSA) is 43.4 Å². The van der Waals surface area contributed by atoms with Crippen molar-refractivity contribution >= 4 is 11.9 Å². The van der Waals surface area contributed by atoms with Gasteiger partial charge < -0.3 is 4.74 Å². The molecule has 0 spiro atoms. The molecule has 0 radical (unpaired) electrons. The van der Waals surface area contributed by atoms with E-state index in [1.807, 2.05) is 27.7 Å². The van der Waals surface area contributed by atoms with Crippen molar-refractivity contribution in [1.82, 2.24) is 0 Å². The first-order valence-corrected chi connectivity index (χ1v) is 4.02. The van der Waals surface area contributed by atoms with E-state index in [-0.39, 0.29) is 5.41 Å². The summed E-state index contributed by atoms with van der Waals surface area (Å²) in [7, 11) is 0. The highest BCUT2D eigenvalue weighted by Gasteiger charge is 2.50. The second-order valence-corrected chi connectivity index (χ2v) is 4.45. The Balaban J connectivity index is 3.02. The maximum absolute atomic E-state index is 11.3. The van der Waals surface area contributed by atoms with E-state index >= 15 is 0 Å². The van der Waals surface area contributed by atoms with Crippen LogP contribution in [0.4, 0.5) is 0 Å². The molecule has 0 unspecified atom stereocenters. The normalized spacial score (nSPS) is 26.7. The lowest BCUT2D eigenvalue weighted by Gasteiger charge is -2.41. The van der Waals surface area contributed by atoms with Crippen LogP contribution in [0.2, 0.25) is 0 Å². The van der Waals surface area contributed by atoms with Crippen molar-refractivity contribution in [1.29, 1.82) is 0 Å². The average molecular weight is 170 g/mol. The van der Waals surface area contributed by atoms with Crippen LogP contribution >= 0.6 is 0 Å². The number of rotatable bonds is 0. The fourth-order valence-corrected chi connectivity index (χ4v) is 1.13. The zero-order valence-electron chi connectivity index (χ0n) is 7.93. The Morgan fingerprint density at radius 3 is 2.08 bits per heavy atom. The van der Waals surface area contributed by atoms with E-state index in [1.165, 1.54) is 0 Å². The van der Waals surface area contributed by atoms with Crippen molar-refractivity contribution in [2.24, 2.45) is 10.8 Å². The predicted molar refractivity (Wildman–Crippen MR) is 43.3 cm³/mol. The second kappa shape index (κ2) is 2.31. The Morgan fingerprint density at radius 1 is 1.17 bits per heavy atom. The van der Waals surface area contributed by atoms with Gasteiger partial charge in [-0.1, -0.05) is 13.8 Å². The van der Waals surface area contributed by atoms with Gasteiger partial charge in [0.25, 0.3) is 0 Å². The molecule has 1 heterocycles. The van der Waals surface area contributed by atoms with Crippen LogP contribution in [-0.4, -0.2) is 11.9 Å². The summed E-state index contributed by atoms with van der Waals surface area (Å²) in [6.07, 6.45) is 0.311. The van der Waals surface area contributed by atoms with Crippen molar-refractivity contribution in [3.05, 3.63) is 0 Å². The second-order valence-electron chi connectivity index (χ2n) is 4.45. The molecular formula is C9H14O3. The van der Waals surface area contributed by atoms with Gasteiger partial charge in [0, 0.05) is 0 Å². The van der Waals surface area contributed by atoms with E-state index in [9.17, 15) is 9.59 Å². The van der Waals surface area contributed by atoms with Crippen molar-refractivity contribution < 1.29 is 14.3 Å². The molecule has 0 aromatic heterocycles. The summed E-state index contributed by atoms with van der Waals surface area (Å²) in [5.74, 6) is -0.826. The largest absolute Gasteiger partial charge is 0.393 e. The molecule has 0 amide bonds. The summed E-state index contributed by atoms with van der Waals surface area (Å²) in [6, 6.07) is 0. The molecule has 12 heavy (non-hydrogen) atoms. The molecule has 3 nitrogen and oxygen atoms in total.